The molecule has 0 aliphatic heterocycles. The number of hydrogen-bond acceptors (Lipinski definition) is 3. The van der Waals surface area contributed by atoms with Gasteiger partial charge in [0, 0.05) is 6.20 Å². The molecule has 18 heavy (non-hydrogen) atoms. The van der Waals surface area contributed by atoms with E-state index in [9.17, 15) is 4.39 Å². The van der Waals surface area contributed by atoms with E-state index in [0.717, 1.165) is 0 Å². The lowest BCUT2D eigenvalue weighted by Gasteiger charge is -2.06. The Morgan fingerprint density at radius 3 is 2.83 bits per heavy atom. The summed E-state index contributed by atoms with van der Waals surface area (Å²) in [6, 6.07) is 7.94. The van der Waals surface area contributed by atoms with E-state index in [1.807, 2.05) is 0 Å². The third kappa shape index (κ3) is 1.60. The molecule has 4 nitrogen and oxygen atoms in total. The normalized spacial score (nSPS) is 11.0. The minimum Gasteiger partial charge on any atom is -0.369 e. The molecule has 0 unspecified atom stereocenters. The zero-order valence-corrected chi connectivity index (χ0v) is 9.89. The Labute approximate surface area is 107 Å². The fraction of sp³-hybridized carbons (Fsp3) is 0. The topological polar surface area (TPSA) is 56.7 Å². The number of pyridine rings is 1. The first kappa shape index (κ1) is 11.0. The van der Waals surface area contributed by atoms with Crippen LogP contribution in [-0.2, 0) is 0 Å². The first-order chi connectivity index (χ1) is 8.66. The van der Waals surface area contributed by atoms with Crippen LogP contribution in [-0.4, -0.2) is 14.5 Å². The Hall–Kier alpha value is -2.14. The van der Waals surface area contributed by atoms with Crippen LogP contribution < -0.4 is 5.73 Å². The van der Waals surface area contributed by atoms with Gasteiger partial charge >= 0.3 is 0 Å². The number of rotatable bonds is 1. The summed E-state index contributed by atoms with van der Waals surface area (Å²) in [5.41, 5.74) is 7.12. The number of para-hydroxylation sites is 1. The van der Waals surface area contributed by atoms with Crippen molar-refractivity contribution in [2.75, 3.05) is 5.73 Å². The number of hydrogen-bond donors (Lipinski definition) is 1. The number of nitrogens with two attached hydrogens (primary N) is 1. The van der Waals surface area contributed by atoms with Crippen LogP contribution in [0.25, 0.3) is 16.9 Å². The molecule has 0 saturated carbocycles. The number of benzene rings is 1. The average Bonchev–Trinajstić information content (AvgIpc) is 2.65. The van der Waals surface area contributed by atoms with Crippen molar-refractivity contribution in [3.05, 3.63) is 47.4 Å². The molecule has 0 atom stereocenters. The van der Waals surface area contributed by atoms with Crippen LogP contribution in [0.2, 0.25) is 5.02 Å². The molecular weight excluding hydrogens is 255 g/mol. The molecule has 3 rings (SSSR count). The van der Waals surface area contributed by atoms with Crippen LogP contribution in [0.1, 0.15) is 0 Å². The van der Waals surface area contributed by atoms with E-state index in [1.54, 1.807) is 24.3 Å². The number of aromatic nitrogens is 3. The second kappa shape index (κ2) is 3.96. The molecule has 0 aliphatic carbocycles. The van der Waals surface area contributed by atoms with Gasteiger partial charge in [-0.3, -0.25) is 4.57 Å². The van der Waals surface area contributed by atoms with Gasteiger partial charge in [-0.25, -0.2) is 14.4 Å². The smallest absolute Gasteiger partial charge is 0.207 e. The molecular formula is C12H8ClFN4. The second-order valence-corrected chi connectivity index (χ2v) is 4.19. The molecule has 90 valence electrons. The molecule has 0 saturated heterocycles. The van der Waals surface area contributed by atoms with Crippen molar-refractivity contribution in [2.45, 2.75) is 0 Å². The van der Waals surface area contributed by atoms with Crippen LogP contribution in [0, 0.1) is 5.82 Å². The molecule has 0 aliphatic rings. The Bertz CT molecular complexity index is 738. The Morgan fingerprint density at radius 1 is 1.28 bits per heavy atom. The van der Waals surface area contributed by atoms with Gasteiger partial charge in [0.1, 0.15) is 11.3 Å². The predicted molar refractivity (Wildman–Crippen MR) is 68.2 cm³/mol. The van der Waals surface area contributed by atoms with Gasteiger partial charge in [-0.1, -0.05) is 23.7 Å². The molecule has 0 amide bonds. The van der Waals surface area contributed by atoms with E-state index in [0.29, 0.717) is 21.9 Å². The lowest BCUT2D eigenvalue weighted by molar-refractivity contribution is 0.619. The van der Waals surface area contributed by atoms with Gasteiger partial charge in [-0.2, -0.15) is 0 Å². The Balaban J connectivity index is 2.36. The molecule has 2 heterocycles. The van der Waals surface area contributed by atoms with Gasteiger partial charge in [-0.15, -0.1) is 0 Å². The minimum absolute atomic E-state index is 0.171. The number of imidazole rings is 1. The Kier molecular flexibility index (Phi) is 2.41. The van der Waals surface area contributed by atoms with Crippen LogP contribution in [0.3, 0.4) is 0 Å². The van der Waals surface area contributed by atoms with Gasteiger partial charge < -0.3 is 5.73 Å². The lowest BCUT2D eigenvalue weighted by atomic mass is 10.3. The highest BCUT2D eigenvalue weighted by Crippen LogP contribution is 2.24. The summed E-state index contributed by atoms with van der Waals surface area (Å²) in [5, 5.41) is 0.459. The minimum atomic E-state index is -0.389. The van der Waals surface area contributed by atoms with E-state index in [-0.39, 0.29) is 11.8 Å². The van der Waals surface area contributed by atoms with Crippen LogP contribution in [0.15, 0.2) is 36.5 Å². The monoisotopic (exact) mass is 262 g/mol. The summed E-state index contributed by atoms with van der Waals surface area (Å²) in [7, 11) is 0. The third-order valence-corrected chi connectivity index (χ3v) is 2.79. The third-order valence-electron chi connectivity index (χ3n) is 2.58. The van der Waals surface area contributed by atoms with Gasteiger partial charge in [0.25, 0.3) is 0 Å². The lowest BCUT2D eigenvalue weighted by Crippen LogP contribution is -2.03. The number of nitrogen functional groups attached to an aromatic ring is 1. The maximum Gasteiger partial charge on any atom is 0.207 e. The highest BCUT2D eigenvalue weighted by Gasteiger charge is 2.14. The first-order valence-corrected chi connectivity index (χ1v) is 5.59. The van der Waals surface area contributed by atoms with Crippen LogP contribution in [0.5, 0.6) is 0 Å². The van der Waals surface area contributed by atoms with Crippen LogP contribution >= 0.6 is 11.6 Å². The number of fused-ring (bicyclic) bond motifs is 1. The summed E-state index contributed by atoms with van der Waals surface area (Å²) < 4.78 is 15.2. The highest BCUT2D eigenvalue weighted by molar-refractivity contribution is 6.31. The van der Waals surface area contributed by atoms with Crippen molar-refractivity contribution in [3.63, 3.8) is 0 Å². The summed E-state index contributed by atoms with van der Waals surface area (Å²) in [5.74, 6) is -0.217. The van der Waals surface area contributed by atoms with E-state index in [1.165, 1.54) is 16.8 Å². The summed E-state index contributed by atoms with van der Waals surface area (Å²) in [6.45, 7) is 0. The Morgan fingerprint density at radius 2 is 2.06 bits per heavy atom. The van der Waals surface area contributed by atoms with Gasteiger partial charge in [0.15, 0.2) is 5.65 Å². The number of halogens is 2. The summed E-state index contributed by atoms with van der Waals surface area (Å²) >= 11 is 5.83. The molecule has 6 heteroatoms. The standard InChI is InChI=1S/C12H8ClFN4/c13-7-5-9-11(16-6-7)18(12(15)17-9)10-4-2-1-3-8(10)14/h1-6H,(H2,15,17). The van der Waals surface area contributed by atoms with Crippen molar-refractivity contribution in [1.29, 1.82) is 0 Å². The zero-order valence-electron chi connectivity index (χ0n) is 9.14. The van der Waals surface area contributed by atoms with Gasteiger partial charge in [0.2, 0.25) is 5.95 Å². The maximum atomic E-state index is 13.8. The zero-order chi connectivity index (χ0) is 12.7. The maximum absolute atomic E-state index is 13.8. The summed E-state index contributed by atoms with van der Waals surface area (Å²) in [6.07, 6.45) is 1.47. The quantitative estimate of drug-likeness (QED) is 0.734. The molecule has 0 fully saturated rings. The largest absolute Gasteiger partial charge is 0.369 e. The predicted octanol–water partition coefficient (Wildman–Crippen LogP) is 2.80. The van der Waals surface area contributed by atoms with Gasteiger partial charge in [0.05, 0.1) is 10.7 Å². The fourth-order valence-electron chi connectivity index (χ4n) is 1.83. The van der Waals surface area contributed by atoms with Crippen LogP contribution in [0.4, 0.5) is 10.3 Å². The van der Waals surface area contributed by atoms with Crippen molar-refractivity contribution in [3.8, 4) is 5.69 Å². The van der Waals surface area contributed by atoms with Crippen molar-refractivity contribution in [1.82, 2.24) is 14.5 Å². The second-order valence-electron chi connectivity index (χ2n) is 3.75. The highest BCUT2D eigenvalue weighted by atomic mass is 35.5. The SMILES string of the molecule is Nc1nc2cc(Cl)cnc2n1-c1ccccc1F. The molecule has 0 radical (unpaired) electrons. The molecule has 3 aromatic rings. The summed E-state index contributed by atoms with van der Waals surface area (Å²) in [4.78, 5) is 8.26. The number of anilines is 1. The van der Waals surface area contributed by atoms with E-state index in [2.05, 4.69) is 9.97 Å². The average molecular weight is 263 g/mol. The van der Waals surface area contributed by atoms with Crippen molar-refractivity contribution >= 4 is 28.7 Å². The van der Waals surface area contributed by atoms with Gasteiger partial charge in [-0.05, 0) is 18.2 Å². The molecule has 2 N–H and O–H groups in total. The fourth-order valence-corrected chi connectivity index (χ4v) is 1.98. The number of nitrogens with zero attached hydrogens (tertiary/aromatic N) is 3. The van der Waals surface area contributed by atoms with E-state index >= 15 is 0 Å². The molecule has 1 aromatic carbocycles. The molecule has 0 spiro atoms. The molecule has 0 bridgehead atoms. The van der Waals surface area contributed by atoms with E-state index < -0.39 is 0 Å². The molecule has 2 aromatic heterocycles. The van der Waals surface area contributed by atoms with Crippen molar-refractivity contribution < 1.29 is 4.39 Å². The van der Waals surface area contributed by atoms with Crippen molar-refractivity contribution in [2.24, 2.45) is 0 Å². The first-order valence-electron chi connectivity index (χ1n) is 5.21. The van der Waals surface area contributed by atoms with E-state index in [4.69, 9.17) is 17.3 Å².